The smallest absolute Gasteiger partial charge is 0.148 e. The number of hydrogen-bond donors (Lipinski definition) is 1. The summed E-state index contributed by atoms with van der Waals surface area (Å²) in [7, 11) is 0. The minimum absolute atomic E-state index is 0.982. The molecule has 0 radical (unpaired) electrons. The fourth-order valence-corrected chi connectivity index (χ4v) is 2.83. The van der Waals surface area contributed by atoms with Gasteiger partial charge in [-0.1, -0.05) is 13.0 Å². The van der Waals surface area contributed by atoms with Gasteiger partial charge in [-0.05, 0) is 43.2 Å². The Bertz CT molecular complexity index is 664. The number of benzene rings is 1. The molecule has 3 aromatic rings. The van der Waals surface area contributed by atoms with Gasteiger partial charge in [0, 0.05) is 4.88 Å². The Morgan fingerprint density at radius 2 is 2.12 bits per heavy atom. The van der Waals surface area contributed by atoms with Crippen LogP contribution in [-0.4, -0.2) is 9.97 Å². The molecule has 17 heavy (non-hydrogen) atoms. The number of H-pyrrole nitrogens is 1. The number of aromatic nitrogens is 2. The summed E-state index contributed by atoms with van der Waals surface area (Å²) in [5, 5.41) is 0. The SMILES string of the molecule is CCc1ccc(-c2nc3ccc(C)cc3[nH]2)s1. The van der Waals surface area contributed by atoms with E-state index in [0.29, 0.717) is 0 Å². The average molecular weight is 242 g/mol. The topological polar surface area (TPSA) is 28.7 Å². The van der Waals surface area contributed by atoms with Crippen LogP contribution in [0.4, 0.5) is 0 Å². The molecule has 0 aliphatic rings. The molecule has 2 heterocycles. The van der Waals surface area contributed by atoms with Crippen LogP contribution in [0.1, 0.15) is 17.4 Å². The van der Waals surface area contributed by atoms with E-state index in [4.69, 9.17) is 0 Å². The third-order valence-electron chi connectivity index (χ3n) is 2.88. The number of aromatic amines is 1. The Balaban J connectivity index is 2.11. The third-order valence-corrected chi connectivity index (χ3v) is 4.12. The molecule has 1 N–H and O–H groups in total. The summed E-state index contributed by atoms with van der Waals surface area (Å²) in [5.41, 5.74) is 3.41. The molecular weight excluding hydrogens is 228 g/mol. The van der Waals surface area contributed by atoms with Gasteiger partial charge in [0.05, 0.1) is 15.9 Å². The second kappa shape index (κ2) is 4.00. The van der Waals surface area contributed by atoms with Crippen LogP contribution in [0.3, 0.4) is 0 Å². The standard InChI is InChI=1S/C14H14N2S/c1-3-10-5-7-13(17-10)14-15-11-6-4-9(2)8-12(11)16-14/h4-8H,3H2,1-2H3,(H,15,16). The molecule has 86 valence electrons. The maximum Gasteiger partial charge on any atom is 0.148 e. The molecule has 3 heteroatoms. The summed E-state index contributed by atoms with van der Waals surface area (Å²) in [5.74, 6) is 0.982. The first-order chi connectivity index (χ1) is 8.26. The highest BCUT2D eigenvalue weighted by Gasteiger charge is 2.07. The normalized spacial score (nSPS) is 11.2. The van der Waals surface area contributed by atoms with Crippen molar-refractivity contribution in [3.63, 3.8) is 0 Å². The molecule has 0 fully saturated rings. The van der Waals surface area contributed by atoms with Gasteiger partial charge in [-0.25, -0.2) is 4.98 Å². The highest BCUT2D eigenvalue weighted by Crippen LogP contribution is 2.28. The molecule has 0 bridgehead atoms. The first kappa shape index (κ1) is 10.5. The van der Waals surface area contributed by atoms with Gasteiger partial charge in [0.2, 0.25) is 0 Å². The van der Waals surface area contributed by atoms with Crippen molar-refractivity contribution in [2.45, 2.75) is 20.3 Å². The van der Waals surface area contributed by atoms with E-state index in [-0.39, 0.29) is 0 Å². The van der Waals surface area contributed by atoms with Crippen molar-refractivity contribution < 1.29 is 0 Å². The van der Waals surface area contributed by atoms with Gasteiger partial charge < -0.3 is 4.98 Å². The molecule has 0 saturated carbocycles. The Morgan fingerprint density at radius 1 is 1.24 bits per heavy atom. The summed E-state index contributed by atoms with van der Waals surface area (Å²) >= 11 is 1.81. The molecular formula is C14H14N2S. The van der Waals surface area contributed by atoms with E-state index in [9.17, 15) is 0 Å². The van der Waals surface area contributed by atoms with Crippen molar-refractivity contribution in [1.82, 2.24) is 9.97 Å². The number of nitrogens with zero attached hydrogens (tertiary/aromatic N) is 1. The Hall–Kier alpha value is -1.61. The van der Waals surface area contributed by atoms with Gasteiger partial charge in [-0.3, -0.25) is 0 Å². The number of thiophene rings is 1. The fourth-order valence-electron chi connectivity index (χ4n) is 1.94. The molecule has 2 nitrogen and oxygen atoms in total. The van der Waals surface area contributed by atoms with E-state index in [0.717, 1.165) is 23.3 Å². The molecule has 3 rings (SSSR count). The minimum atomic E-state index is 0.982. The number of hydrogen-bond acceptors (Lipinski definition) is 2. The lowest BCUT2D eigenvalue weighted by Gasteiger charge is -1.89. The summed E-state index contributed by atoms with van der Waals surface area (Å²) in [4.78, 5) is 10.6. The van der Waals surface area contributed by atoms with Crippen molar-refractivity contribution in [3.05, 3.63) is 40.8 Å². The maximum absolute atomic E-state index is 4.63. The van der Waals surface area contributed by atoms with Gasteiger partial charge in [-0.2, -0.15) is 0 Å². The monoisotopic (exact) mass is 242 g/mol. The van der Waals surface area contributed by atoms with Crippen molar-refractivity contribution in [1.29, 1.82) is 0 Å². The predicted molar refractivity (Wildman–Crippen MR) is 73.5 cm³/mol. The van der Waals surface area contributed by atoms with E-state index in [1.807, 2.05) is 11.3 Å². The maximum atomic E-state index is 4.63. The zero-order chi connectivity index (χ0) is 11.8. The molecule has 0 atom stereocenters. The number of rotatable bonds is 2. The Labute approximate surface area is 104 Å². The number of nitrogens with one attached hydrogen (secondary N) is 1. The molecule has 0 unspecified atom stereocenters. The second-order valence-electron chi connectivity index (χ2n) is 4.23. The number of fused-ring (bicyclic) bond motifs is 1. The van der Waals surface area contributed by atoms with E-state index in [1.54, 1.807) is 0 Å². The van der Waals surface area contributed by atoms with Crippen molar-refractivity contribution in [3.8, 4) is 10.7 Å². The van der Waals surface area contributed by atoms with Crippen LogP contribution in [0.2, 0.25) is 0 Å². The molecule has 1 aromatic carbocycles. The highest BCUT2D eigenvalue weighted by molar-refractivity contribution is 7.15. The van der Waals surface area contributed by atoms with Crippen LogP contribution in [-0.2, 0) is 6.42 Å². The zero-order valence-electron chi connectivity index (χ0n) is 9.95. The van der Waals surface area contributed by atoms with E-state index >= 15 is 0 Å². The Morgan fingerprint density at radius 3 is 2.88 bits per heavy atom. The van der Waals surface area contributed by atoms with Crippen LogP contribution in [0.25, 0.3) is 21.7 Å². The van der Waals surface area contributed by atoms with Gasteiger partial charge in [0.1, 0.15) is 5.82 Å². The van der Waals surface area contributed by atoms with Crippen LogP contribution in [0, 0.1) is 6.92 Å². The highest BCUT2D eigenvalue weighted by atomic mass is 32.1. The molecule has 2 aromatic heterocycles. The lowest BCUT2D eigenvalue weighted by molar-refractivity contribution is 1.19. The quantitative estimate of drug-likeness (QED) is 0.718. The second-order valence-corrected chi connectivity index (χ2v) is 5.39. The lowest BCUT2D eigenvalue weighted by atomic mass is 10.2. The van der Waals surface area contributed by atoms with Crippen molar-refractivity contribution in [2.75, 3.05) is 0 Å². The van der Waals surface area contributed by atoms with E-state index < -0.39 is 0 Å². The van der Waals surface area contributed by atoms with Crippen LogP contribution in [0.15, 0.2) is 30.3 Å². The van der Waals surface area contributed by atoms with Crippen LogP contribution >= 0.6 is 11.3 Å². The molecule has 0 aliphatic heterocycles. The van der Waals surface area contributed by atoms with Crippen LogP contribution in [0.5, 0.6) is 0 Å². The molecule has 0 aliphatic carbocycles. The van der Waals surface area contributed by atoms with Crippen LogP contribution < -0.4 is 0 Å². The van der Waals surface area contributed by atoms with Crippen molar-refractivity contribution in [2.24, 2.45) is 0 Å². The zero-order valence-corrected chi connectivity index (χ0v) is 10.8. The lowest BCUT2D eigenvalue weighted by Crippen LogP contribution is -1.72. The summed E-state index contributed by atoms with van der Waals surface area (Å²) < 4.78 is 0. The fraction of sp³-hybridized carbons (Fsp3) is 0.214. The van der Waals surface area contributed by atoms with Gasteiger partial charge in [-0.15, -0.1) is 11.3 Å². The first-order valence-corrected chi connectivity index (χ1v) is 6.63. The molecule has 0 spiro atoms. The van der Waals surface area contributed by atoms with E-state index in [2.05, 4.69) is 54.1 Å². The average Bonchev–Trinajstić information content (AvgIpc) is 2.93. The predicted octanol–water partition coefficient (Wildman–Crippen LogP) is 4.16. The molecule has 0 saturated heterocycles. The molecule has 0 amide bonds. The van der Waals surface area contributed by atoms with Gasteiger partial charge in [0.15, 0.2) is 0 Å². The number of imidazole rings is 1. The summed E-state index contributed by atoms with van der Waals surface area (Å²) in [6.45, 7) is 4.28. The number of aryl methyl sites for hydroxylation is 2. The summed E-state index contributed by atoms with van der Waals surface area (Å²) in [6.07, 6.45) is 1.09. The van der Waals surface area contributed by atoms with Gasteiger partial charge >= 0.3 is 0 Å². The first-order valence-electron chi connectivity index (χ1n) is 5.81. The third kappa shape index (κ3) is 1.87. The summed E-state index contributed by atoms with van der Waals surface area (Å²) in [6, 6.07) is 10.6. The van der Waals surface area contributed by atoms with Gasteiger partial charge in [0.25, 0.3) is 0 Å². The largest absolute Gasteiger partial charge is 0.337 e. The van der Waals surface area contributed by atoms with E-state index in [1.165, 1.54) is 15.3 Å². The minimum Gasteiger partial charge on any atom is -0.337 e. The van der Waals surface area contributed by atoms with Crippen molar-refractivity contribution >= 4 is 22.4 Å². The Kier molecular flexibility index (Phi) is 2.48.